The second kappa shape index (κ2) is 6.13. The largest absolute Gasteiger partial charge is 0.497 e. The number of carbonyl (C=O) groups is 1. The number of rotatable bonds is 3. The van der Waals surface area contributed by atoms with Gasteiger partial charge in [0.1, 0.15) is 5.75 Å². The van der Waals surface area contributed by atoms with Gasteiger partial charge in [-0.2, -0.15) is 0 Å². The van der Waals surface area contributed by atoms with Crippen LogP contribution in [0.5, 0.6) is 5.75 Å². The first-order valence-corrected chi connectivity index (χ1v) is 6.92. The summed E-state index contributed by atoms with van der Waals surface area (Å²) in [5.74, 6) is 0.688. The Morgan fingerprint density at radius 1 is 1.35 bits per heavy atom. The maximum Gasteiger partial charge on any atom is 0.255 e. The Balaban J connectivity index is 2.05. The molecule has 1 aliphatic rings. The normalized spacial score (nSPS) is 16.5. The molecule has 1 fully saturated rings. The van der Waals surface area contributed by atoms with Crippen molar-refractivity contribution in [2.45, 2.75) is 18.9 Å². The van der Waals surface area contributed by atoms with E-state index in [-0.39, 0.29) is 5.91 Å². The Morgan fingerprint density at radius 2 is 2.00 bits per heavy atom. The second-order valence-electron chi connectivity index (χ2n) is 5.44. The predicted molar refractivity (Wildman–Crippen MR) is 80.0 cm³/mol. The van der Waals surface area contributed by atoms with Gasteiger partial charge in [0.15, 0.2) is 0 Å². The lowest BCUT2D eigenvalue weighted by Crippen LogP contribution is -2.44. The van der Waals surface area contributed by atoms with Gasteiger partial charge in [0, 0.05) is 30.9 Å². The second-order valence-corrected chi connectivity index (χ2v) is 5.44. The summed E-state index contributed by atoms with van der Waals surface area (Å²) in [6.07, 6.45) is 2.02. The number of piperidine rings is 1. The molecule has 0 aromatic heterocycles. The number of methoxy groups -OCH3 is 1. The molecule has 1 amide bonds. The molecule has 5 nitrogen and oxygen atoms in total. The monoisotopic (exact) mass is 277 g/mol. The van der Waals surface area contributed by atoms with Gasteiger partial charge < -0.3 is 20.3 Å². The zero-order chi connectivity index (χ0) is 14.7. The van der Waals surface area contributed by atoms with Gasteiger partial charge in [0.2, 0.25) is 0 Å². The van der Waals surface area contributed by atoms with Crippen LogP contribution in [0, 0.1) is 0 Å². The van der Waals surface area contributed by atoms with Crippen LogP contribution in [0.3, 0.4) is 0 Å². The van der Waals surface area contributed by atoms with Gasteiger partial charge in [-0.3, -0.25) is 4.79 Å². The van der Waals surface area contributed by atoms with Gasteiger partial charge in [-0.15, -0.1) is 0 Å². The van der Waals surface area contributed by atoms with Crippen molar-refractivity contribution in [1.29, 1.82) is 0 Å². The van der Waals surface area contributed by atoms with Crippen molar-refractivity contribution in [1.82, 2.24) is 9.80 Å². The van der Waals surface area contributed by atoms with E-state index in [4.69, 9.17) is 10.5 Å². The molecule has 0 atom stereocenters. The van der Waals surface area contributed by atoms with Crippen molar-refractivity contribution in [3.8, 4) is 5.75 Å². The van der Waals surface area contributed by atoms with Crippen molar-refractivity contribution < 1.29 is 9.53 Å². The molecule has 110 valence electrons. The molecular weight excluding hydrogens is 254 g/mol. The number of nitrogens with two attached hydrogens (primary N) is 1. The van der Waals surface area contributed by atoms with Crippen LogP contribution >= 0.6 is 0 Å². The molecule has 0 saturated carbocycles. The van der Waals surface area contributed by atoms with Crippen molar-refractivity contribution in [3.05, 3.63) is 23.8 Å². The number of carbonyl (C=O) groups excluding carboxylic acids is 1. The molecule has 0 spiro atoms. The highest BCUT2D eigenvalue weighted by molar-refractivity contribution is 5.99. The van der Waals surface area contributed by atoms with E-state index in [1.807, 2.05) is 4.90 Å². The first-order valence-electron chi connectivity index (χ1n) is 6.92. The Labute approximate surface area is 120 Å². The van der Waals surface area contributed by atoms with E-state index in [9.17, 15) is 4.79 Å². The molecular formula is C15H23N3O2. The van der Waals surface area contributed by atoms with Crippen LogP contribution in [0.25, 0.3) is 0 Å². The number of amides is 1. The lowest BCUT2D eigenvalue weighted by molar-refractivity contribution is 0.0664. The van der Waals surface area contributed by atoms with Crippen molar-refractivity contribution in [2.24, 2.45) is 0 Å². The van der Waals surface area contributed by atoms with E-state index >= 15 is 0 Å². The zero-order valence-corrected chi connectivity index (χ0v) is 12.4. The fourth-order valence-electron chi connectivity index (χ4n) is 2.62. The minimum absolute atomic E-state index is 0.0161. The highest BCUT2D eigenvalue weighted by atomic mass is 16.5. The summed E-state index contributed by atoms with van der Waals surface area (Å²) >= 11 is 0. The van der Waals surface area contributed by atoms with Crippen molar-refractivity contribution in [3.63, 3.8) is 0 Å². The van der Waals surface area contributed by atoms with E-state index in [1.165, 1.54) is 0 Å². The molecule has 1 saturated heterocycles. The zero-order valence-electron chi connectivity index (χ0n) is 12.4. The van der Waals surface area contributed by atoms with Crippen LogP contribution in [0.2, 0.25) is 0 Å². The highest BCUT2D eigenvalue weighted by Gasteiger charge is 2.25. The molecule has 0 unspecified atom stereocenters. The van der Waals surface area contributed by atoms with Crippen LogP contribution in [0.4, 0.5) is 5.69 Å². The third kappa shape index (κ3) is 3.04. The lowest BCUT2D eigenvalue weighted by atomic mass is 10.0. The number of likely N-dealkylation sites (tertiary alicyclic amines) is 1. The van der Waals surface area contributed by atoms with Gasteiger partial charge >= 0.3 is 0 Å². The van der Waals surface area contributed by atoms with Gasteiger partial charge in [-0.1, -0.05) is 0 Å². The molecule has 2 N–H and O–H groups in total. The van der Waals surface area contributed by atoms with Gasteiger partial charge in [0.25, 0.3) is 5.91 Å². The summed E-state index contributed by atoms with van der Waals surface area (Å²) in [5, 5.41) is 0. The standard InChI is InChI=1S/C15H23N3O2/c1-17(2)11-6-8-18(9-7-11)15(19)13-5-4-12(20-3)10-14(13)16/h4-5,10-11H,6-9,16H2,1-3H3. The van der Waals surface area contributed by atoms with Crippen LogP contribution in [0.1, 0.15) is 23.2 Å². The van der Waals surface area contributed by atoms with Crippen molar-refractivity contribution >= 4 is 11.6 Å². The van der Waals surface area contributed by atoms with Gasteiger partial charge in [-0.05, 0) is 39.1 Å². The van der Waals surface area contributed by atoms with E-state index in [2.05, 4.69) is 19.0 Å². The summed E-state index contributed by atoms with van der Waals surface area (Å²) in [4.78, 5) is 16.6. The Hall–Kier alpha value is -1.75. The average Bonchev–Trinajstić information content (AvgIpc) is 2.46. The molecule has 1 aromatic rings. The Kier molecular flexibility index (Phi) is 4.49. The van der Waals surface area contributed by atoms with Crippen molar-refractivity contribution in [2.75, 3.05) is 40.0 Å². The van der Waals surface area contributed by atoms with E-state index in [0.29, 0.717) is 23.0 Å². The Morgan fingerprint density at radius 3 is 2.50 bits per heavy atom. The number of hydrogen-bond acceptors (Lipinski definition) is 4. The number of hydrogen-bond donors (Lipinski definition) is 1. The summed E-state index contributed by atoms with van der Waals surface area (Å²) in [6.45, 7) is 1.57. The third-order valence-electron chi connectivity index (χ3n) is 3.97. The van der Waals surface area contributed by atoms with Crippen LogP contribution in [-0.2, 0) is 0 Å². The topological polar surface area (TPSA) is 58.8 Å². The quantitative estimate of drug-likeness (QED) is 0.849. The van der Waals surface area contributed by atoms with Gasteiger partial charge in [-0.25, -0.2) is 0 Å². The number of benzene rings is 1. The summed E-state index contributed by atoms with van der Waals surface area (Å²) in [6, 6.07) is 5.78. The van der Waals surface area contributed by atoms with E-state index in [1.54, 1.807) is 25.3 Å². The molecule has 2 rings (SSSR count). The smallest absolute Gasteiger partial charge is 0.255 e. The molecule has 5 heteroatoms. The lowest BCUT2D eigenvalue weighted by Gasteiger charge is -2.35. The maximum absolute atomic E-state index is 12.5. The predicted octanol–water partition coefficient (Wildman–Crippen LogP) is 1.44. The Bertz CT molecular complexity index is 480. The molecule has 1 aliphatic heterocycles. The molecule has 1 heterocycles. The minimum atomic E-state index is 0.0161. The van der Waals surface area contributed by atoms with Crippen LogP contribution < -0.4 is 10.5 Å². The fraction of sp³-hybridized carbons (Fsp3) is 0.533. The highest BCUT2D eigenvalue weighted by Crippen LogP contribution is 2.23. The van der Waals surface area contributed by atoms with E-state index in [0.717, 1.165) is 25.9 Å². The molecule has 0 radical (unpaired) electrons. The van der Waals surface area contributed by atoms with E-state index < -0.39 is 0 Å². The maximum atomic E-state index is 12.5. The number of nitrogens with zero attached hydrogens (tertiary/aromatic N) is 2. The molecule has 1 aromatic carbocycles. The van der Waals surface area contributed by atoms with Crippen LogP contribution in [-0.4, -0.2) is 56.0 Å². The number of ether oxygens (including phenoxy) is 1. The summed E-state index contributed by atoms with van der Waals surface area (Å²) in [7, 11) is 5.76. The molecule has 20 heavy (non-hydrogen) atoms. The summed E-state index contributed by atoms with van der Waals surface area (Å²) < 4.78 is 5.11. The first kappa shape index (κ1) is 14.7. The van der Waals surface area contributed by atoms with Gasteiger partial charge in [0.05, 0.1) is 12.7 Å². The number of anilines is 1. The fourth-order valence-corrected chi connectivity index (χ4v) is 2.62. The molecule has 0 aliphatic carbocycles. The molecule has 0 bridgehead atoms. The average molecular weight is 277 g/mol. The summed E-state index contributed by atoms with van der Waals surface area (Å²) in [5.41, 5.74) is 6.98. The van der Waals surface area contributed by atoms with Crippen LogP contribution in [0.15, 0.2) is 18.2 Å². The number of nitrogen functional groups attached to an aromatic ring is 1. The third-order valence-corrected chi connectivity index (χ3v) is 3.97. The SMILES string of the molecule is COc1ccc(C(=O)N2CCC(N(C)C)CC2)c(N)c1. The minimum Gasteiger partial charge on any atom is -0.497 e. The first-order chi connectivity index (χ1) is 9.52.